The maximum absolute atomic E-state index is 5.87. The molecule has 0 heterocycles. The highest BCUT2D eigenvalue weighted by Gasteiger charge is 2.15. The van der Waals surface area contributed by atoms with Crippen LogP contribution in [0.3, 0.4) is 0 Å². The van der Waals surface area contributed by atoms with E-state index >= 15 is 0 Å². The first-order valence-electron chi connectivity index (χ1n) is 6.17. The van der Waals surface area contributed by atoms with Crippen molar-refractivity contribution in [3.63, 3.8) is 0 Å². The van der Waals surface area contributed by atoms with Gasteiger partial charge in [-0.3, -0.25) is 0 Å². The van der Waals surface area contributed by atoms with Crippen molar-refractivity contribution in [2.75, 3.05) is 0 Å². The fourth-order valence-electron chi connectivity index (χ4n) is 2.23. The Hall–Kier alpha value is -1.08. The highest BCUT2D eigenvalue weighted by atomic mass is 16.5. The smallest absolute Gasteiger partial charge is 0.0765 e. The Kier molecular flexibility index (Phi) is 3.79. The number of rotatable bonds is 3. The molecule has 0 amide bonds. The Balaban J connectivity index is 2.12. The third kappa shape index (κ3) is 2.96. The van der Waals surface area contributed by atoms with Gasteiger partial charge in [-0.25, -0.2) is 0 Å². The summed E-state index contributed by atoms with van der Waals surface area (Å²) < 4.78 is 5.87. The van der Waals surface area contributed by atoms with Crippen LogP contribution in [-0.4, -0.2) is 12.2 Å². The lowest BCUT2D eigenvalue weighted by atomic mass is 9.92. The SMILES string of the molecule is CC(C)OC1C=C(c2ccccc2)CCC1. The highest BCUT2D eigenvalue weighted by Crippen LogP contribution is 2.28. The van der Waals surface area contributed by atoms with Gasteiger partial charge in [0.05, 0.1) is 12.2 Å². The zero-order valence-corrected chi connectivity index (χ0v) is 10.1. The quantitative estimate of drug-likeness (QED) is 0.740. The first kappa shape index (κ1) is 11.4. The van der Waals surface area contributed by atoms with Crippen molar-refractivity contribution in [1.82, 2.24) is 0 Å². The maximum atomic E-state index is 5.87. The van der Waals surface area contributed by atoms with Crippen molar-refractivity contribution in [1.29, 1.82) is 0 Å². The lowest BCUT2D eigenvalue weighted by Crippen LogP contribution is -2.18. The number of benzene rings is 1. The number of hydrogen-bond donors (Lipinski definition) is 0. The molecule has 86 valence electrons. The number of allylic oxidation sites excluding steroid dienone is 1. The standard InChI is InChI=1S/C15H20O/c1-12(2)16-15-10-6-9-14(11-15)13-7-4-3-5-8-13/h3-5,7-8,11-12,15H,6,9-10H2,1-2H3. The average Bonchev–Trinajstić information content (AvgIpc) is 2.30. The van der Waals surface area contributed by atoms with E-state index in [0.29, 0.717) is 12.2 Å². The summed E-state index contributed by atoms with van der Waals surface area (Å²) in [7, 11) is 0. The summed E-state index contributed by atoms with van der Waals surface area (Å²) in [6, 6.07) is 10.6. The van der Waals surface area contributed by atoms with Gasteiger partial charge >= 0.3 is 0 Å². The van der Waals surface area contributed by atoms with E-state index in [1.807, 2.05) is 0 Å². The van der Waals surface area contributed by atoms with E-state index in [-0.39, 0.29) is 0 Å². The highest BCUT2D eigenvalue weighted by molar-refractivity contribution is 5.66. The third-order valence-electron chi connectivity index (χ3n) is 2.91. The van der Waals surface area contributed by atoms with Gasteiger partial charge in [-0.05, 0) is 44.2 Å². The van der Waals surface area contributed by atoms with Crippen molar-refractivity contribution in [2.45, 2.75) is 45.3 Å². The molecule has 1 aromatic rings. The lowest BCUT2D eigenvalue weighted by Gasteiger charge is -2.23. The fourth-order valence-corrected chi connectivity index (χ4v) is 2.23. The van der Waals surface area contributed by atoms with Crippen molar-refractivity contribution in [3.05, 3.63) is 42.0 Å². The second-order valence-corrected chi connectivity index (χ2v) is 4.67. The zero-order valence-electron chi connectivity index (χ0n) is 10.1. The first-order chi connectivity index (χ1) is 7.75. The Morgan fingerprint density at radius 2 is 1.94 bits per heavy atom. The van der Waals surface area contributed by atoms with Crippen LogP contribution in [0.4, 0.5) is 0 Å². The van der Waals surface area contributed by atoms with Gasteiger partial charge < -0.3 is 4.74 Å². The molecule has 1 aromatic carbocycles. The Morgan fingerprint density at radius 3 is 2.62 bits per heavy atom. The van der Waals surface area contributed by atoms with Crippen LogP contribution in [0.15, 0.2) is 36.4 Å². The molecule has 0 bridgehead atoms. The van der Waals surface area contributed by atoms with Crippen LogP contribution in [0.2, 0.25) is 0 Å². The first-order valence-corrected chi connectivity index (χ1v) is 6.17. The monoisotopic (exact) mass is 216 g/mol. The fraction of sp³-hybridized carbons (Fsp3) is 0.467. The van der Waals surface area contributed by atoms with Crippen LogP contribution in [0.5, 0.6) is 0 Å². The molecule has 16 heavy (non-hydrogen) atoms. The predicted molar refractivity (Wildman–Crippen MR) is 68.3 cm³/mol. The molecule has 1 aliphatic rings. The second-order valence-electron chi connectivity index (χ2n) is 4.67. The van der Waals surface area contributed by atoms with Gasteiger partial charge in [0, 0.05) is 0 Å². The van der Waals surface area contributed by atoms with E-state index in [0.717, 1.165) is 6.42 Å². The van der Waals surface area contributed by atoms with Crippen molar-refractivity contribution in [3.8, 4) is 0 Å². The number of hydrogen-bond acceptors (Lipinski definition) is 1. The van der Waals surface area contributed by atoms with Gasteiger partial charge in [0.1, 0.15) is 0 Å². The Morgan fingerprint density at radius 1 is 1.19 bits per heavy atom. The maximum Gasteiger partial charge on any atom is 0.0765 e. The van der Waals surface area contributed by atoms with Gasteiger partial charge in [-0.1, -0.05) is 36.4 Å². The molecule has 0 aliphatic heterocycles. The van der Waals surface area contributed by atoms with E-state index in [1.54, 1.807) is 0 Å². The molecule has 1 atom stereocenters. The van der Waals surface area contributed by atoms with Gasteiger partial charge in [-0.2, -0.15) is 0 Å². The lowest BCUT2D eigenvalue weighted by molar-refractivity contribution is 0.0286. The van der Waals surface area contributed by atoms with E-state index in [2.05, 4.69) is 50.3 Å². The van der Waals surface area contributed by atoms with Gasteiger partial charge in [0.2, 0.25) is 0 Å². The van der Waals surface area contributed by atoms with E-state index < -0.39 is 0 Å². The van der Waals surface area contributed by atoms with Crippen LogP contribution in [0.25, 0.3) is 5.57 Å². The molecule has 0 saturated heterocycles. The van der Waals surface area contributed by atoms with E-state index in [4.69, 9.17) is 4.74 Å². The van der Waals surface area contributed by atoms with E-state index in [9.17, 15) is 0 Å². The van der Waals surface area contributed by atoms with Crippen LogP contribution in [-0.2, 0) is 4.74 Å². The predicted octanol–water partition coefficient (Wildman–Crippen LogP) is 4.05. The molecule has 0 aromatic heterocycles. The molecule has 1 nitrogen and oxygen atoms in total. The van der Waals surface area contributed by atoms with E-state index in [1.165, 1.54) is 24.0 Å². The summed E-state index contributed by atoms with van der Waals surface area (Å²) >= 11 is 0. The molecule has 0 fully saturated rings. The van der Waals surface area contributed by atoms with Crippen molar-refractivity contribution >= 4 is 5.57 Å². The Bertz CT molecular complexity index is 351. The van der Waals surface area contributed by atoms with Crippen molar-refractivity contribution in [2.24, 2.45) is 0 Å². The molecule has 0 N–H and O–H groups in total. The topological polar surface area (TPSA) is 9.23 Å². The summed E-state index contributed by atoms with van der Waals surface area (Å²) in [5.41, 5.74) is 2.79. The summed E-state index contributed by atoms with van der Waals surface area (Å²) in [5.74, 6) is 0. The zero-order chi connectivity index (χ0) is 11.4. The van der Waals surface area contributed by atoms with Crippen LogP contribution in [0, 0.1) is 0 Å². The van der Waals surface area contributed by atoms with Gasteiger partial charge in [0.15, 0.2) is 0 Å². The molecule has 1 unspecified atom stereocenters. The van der Waals surface area contributed by atoms with Gasteiger partial charge in [0.25, 0.3) is 0 Å². The molecule has 1 aliphatic carbocycles. The number of ether oxygens (including phenoxy) is 1. The minimum atomic E-state index is 0.309. The van der Waals surface area contributed by atoms with Crippen LogP contribution < -0.4 is 0 Å². The summed E-state index contributed by atoms with van der Waals surface area (Å²) in [6.45, 7) is 4.20. The minimum Gasteiger partial charge on any atom is -0.371 e. The van der Waals surface area contributed by atoms with Crippen molar-refractivity contribution < 1.29 is 4.74 Å². The summed E-state index contributed by atoms with van der Waals surface area (Å²) in [6.07, 6.45) is 6.51. The van der Waals surface area contributed by atoms with Crippen LogP contribution in [0.1, 0.15) is 38.7 Å². The summed E-state index contributed by atoms with van der Waals surface area (Å²) in [4.78, 5) is 0. The molecular weight excluding hydrogens is 196 g/mol. The van der Waals surface area contributed by atoms with Gasteiger partial charge in [-0.15, -0.1) is 0 Å². The third-order valence-corrected chi connectivity index (χ3v) is 2.91. The molecule has 0 spiro atoms. The Labute approximate surface area is 98.1 Å². The molecule has 2 rings (SSSR count). The largest absolute Gasteiger partial charge is 0.371 e. The van der Waals surface area contributed by atoms with Crippen LogP contribution >= 0.6 is 0 Å². The summed E-state index contributed by atoms with van der Waals surface area (Å²) in [5, 5.41) is 0. The minimum absolute atomic E-state index is 0.309. The average molecular weight is 216 g/mol. The molecule has 1 heteroatoms. The normalized spacial score (nSPS) is 20.9. The molecule has 0 radical (unpaired) electrons. The molecular formula is C15H20O. The second kappa shape index (κ2) is 5.31. The molecule has 0 saturated carbocycles.